The Morgan fingerprint density at radius 3 is 2.07 bits per heavy atom. The predicted molar refractivity (Wildman–Crippen MR) is 45.5 cm³/mol. The summed E-state index contributed by atoms with van der Waals surface area (Å²) in [4.78, 5) is 3.86. The number of aryl methyl sites for hydroxylation is 1. The van der Waals surface area contributed by atoms with Crippen LogP contribution in [0.15, 0.2) is 18.7 Å². The molecule has 0 spiro atoms. The summed E-state index contributed by atoms with van der Waals surface area (Å²) in [6.07, 6.45) is 5.53. The van der Waals surface area contributed by atoms with Crippen molar-refractivity contribution in [2.45, 2.75) is 19.0 Å². The van der Waals surface area contributed by atoms with Crippen LogP contribution in [0.1, 0.15) is 6.92 Å². The summed E-state index contributed by atoms with van der Waals surface area (Å²) in [6, 6.07) is 0. The number of imidazole rings is 1. The van der Waals surface area contributed by atoms with Gasteiger partial charge in [0.05, 0.1) is 6.33 Å². The van der Waals surface area contributed by atoms with E-state index in [2.05, 4.69) is 11.9 Å². The Kier molecular flexibility index (Phi) is 4.75. The lowest BCUT2D eigenvalue weighted by molar-refractivity contribution is -0.0510. The van der Waals surface area contributed by atoms with Crippen molar-refractivity contribution in [3.05, 3.63) is 18.7 Å². The average molecular weight is 246 g/mol. The maximum atomic E-state index is 10.7. The Bertz CT molecular complexity index is 371. The first kappa shape index (κ1) is 13.9. The molecule has 1 aromatic rings. The van der Waals surface area contributed by atoms with E-state index >= 15 is 0 Å². The normalized spacial score (nSPS) is 11.8. The Balaban J connectivity index is 0.000000262. The van der Waals surface area contributed by atoms with Gasteiger partial charge in [-0.1, -0.05) is 0 Å². The van der Waals surface area contributed by atoms with Crippen molar-refractivity contribution in [2.75, 3.05) is 0 Å². The summed E-state index contributed by atoms with van der Waals surface area (Å²) < 4.78 is 59.6. The standard InChI is InChI=1S/C5H8N2.CHF3O3S/c1-2-7-4-3-6-5-7;2-1(3,4)8(5,6)7/h3-5H,2H2,1H3;(H,5,6,7). The van der Waals surface area contributed by atoms with E-state index in [0.717, 1.165) is 6.54 Å². The molecule has 1 heterocycles. The van der Waals surface area contributed by atoms with Crippen LogP contribution in [0, 0.1) is 0 Å². The largest absolute Gasteiger partial charge is 0.522 e. The minimum atomic E-state index is -5.84. The van der Waals surface area contributed by atoms with Crippen molar-refractivity contribution in [1.29, 1.82) is 0 Å². The fourth-order valence-electron chi connectivity index (χ4n) is 0.474. The van der Waals surface area contributed by atoms with Gasteiger partial charge in [-0.05, 0) is 6.92 Å². The molecular weight excluding hydrogens is 237 g/mol. The first-order valence-corrected chi connectivity index (χ1v) is 5.12. The monoisotopic (exact) mass is 246 g/mol. The lowest BCUT2D eigenvalue weighted by Crippen LogP contribution is -2.21. The van der Waals surface area contributed by atoms with Crippen LogP contribution in [0.5, 0.6) is 0 Å². The van der Waals surface area contributed by atoms with Gasteiger partial charge in [0, 0.05) is 18.9 Å². The van der Waals surface area contributed by atoms with Crippen molar-refractivity contribution < 1.29 is 26.1 Å². The zero-order chi connectivity index (χ0) is 12.1. The SMILES string of the molecule is CCn1ccnc1.O=S(=O)(O)C(F)(F)F. The highest BCUT2D eigenvalue weighted by atomic mass is 32.2. The van der Waals surface area contributed by atoms with Crippen LogP contribution in [0.3, 0.4) is 0 Å². The second-order valence-corrected chi connectivity index (χ2v) is 3.73. The molecule has 1 aromatic heterocycles. The van der Waals surface area contributed by atoms with E-state index in [9.17, 15) is 13.2 Å². The lowest BCUT2D eigenvalue weighted by Gasteiger charge is -1.97. The fraction of sp³-hybridized carbons (Fsp3) is 0.500. The third kappa shape index (κ3) is 5.37. The third-order valence-electron chi connectivity index (χ3n) is 1.22. The van der Waals surface area contributed by atoms with Crippen molar-refractivity contribution >= 4 is 10.1 Å². The fourth-order valence-corrected chi connectivity index (χ4v) is 0.474. The lowest BCUT2D eigenvalue weighted by atomic mass is 10.7. The van der Waals surface area contributed by atoms with Crippen LogP contribution < -0.4 is 0 Å². The maximum absolute atomic E-state index is 10.7. The molecule has 0 bridgehead atoms. The molecule has 0 aliphatic carbocycles. The number of aromatic nitrogens is 2. The second-order valence-electron chi connectivity index (χ2n) is 2.31. The molecule has 15 heavy (non-hydrogen) atoms. The molecule has 0 atom stereocenters. The number of hydrogen-bond acceptors (Lipinski definition) is 3. The van der Waals surface area contributed by atoms with Gasteiger partial charge >= 0.3 is 15.6 Å². The molecule has 0 fully saturated rings. The van der Waals surface area contributed by atoms with Gasteiger partial charge in [-0.15, -0.1) is 0 Å². The molecule has 9 heteroatoms. The molecule has 0 aliphatic rings. The van der Waals surface area contributed by atoms with Gasteiger partial charge in [0.1, 0.15) is 0 Å². The van der Waals surface area contributed by atoms with Crippen LogP contribution >= 0.6 is 0 Å². The molecule has 88 valence electrons. The van der Waals surface area contributed by atoms with Gasteiger partial charge in [0.2, 0.25) is 0 Å². The van der Waals surface area contributed by atoms with E-state index in [1.807, 2.05) is 10.8 Å². The predicted octanol–water partition coefficient (Wildman–Crippen LogP) is 1.30. The van der Waals surface area contributed by atoms with E-state index in [1.54, 1.807) is 12.5 Å². The molecule has 0 amide bonds. The van der Waals surface area contributed by atoms with E-state index in [4.69, 9.17) is 13.0 Å². The number of nitrogens with zero attached hydrogens (tertiary/aromatic N) is 2. The summed E-state index contributed by atoms with van der Waals surface area (Å²) in [5, 5.41) is 0. The minimum absolute atomic E-state index is 1.01. The quantitative estimate of drug-likeness (QED) is 0.598. The van der Waals surface area contributed by atoms with Gasteiger partial charge in [0.15, 0.2) is 0 Å². The Labute approximate surface area is 84.3 Å². The molecule has 0 aromatic carbocycles. The Morgan fingerprint density at radius 1 is 1.47 bits per heavy atom. The minimum Gasteiger partial charge on any atom is -0.338 e. The summed E-state index contributed by atoms with van der Waals surface area (Å²) in [5.74, 6) is 0. The van der Waals surface area contributed by atoms with Crippen LogP contribution in [0.25, 0.3) is 0 Å². The molecule has 0 radical (unpaired) electrons. The van der Waals surface area contributed by atoms with Crippen LogP contribution in [-0.4, -0.2) is 28.0 Å². The topological polar surface area (TPSA) is 72.2 Å². The summed E-state index contributed by atoms with van der Waals surface area (Å²) >= 11 is 0. The van der Waals surface area contributed by atoms with Crippen molar-refractivity contribution in [1.82, 2.24) is 9.55 Å². The van der Waals surface area contributed by atoms with E-state index in [1.165, 1.54) is 0 Å². The molecule has 0 saturated heterocycles. The highest BCUT2D eigenvalue weighted by Crippen LogP contribution is 2.20. The molecule has 0 aliphatic heterocycles. The first-order chi connectivity index (χ1) is 6.68. The Morgan fingerprint density at radius 2 is 1.93 bits per heavy atom. The zero-order valence-electron chi connectivity index (χ0n) is 7.64. The highest BCUT2D eigenvalue weighted by molar-refractivity contribution is 7.86. The van der Waals surface area contributed by atoms with Gasteiger partial charge < -0.3 is 4.57 Å². The maximum Gasteiger partial charge on any atom is 0.522 e. The summed E-state index contributed by atoms with van der Waals surface area (Å²) in [5.41, 5.74) is -5.53. The number of rotatable bonds is 1. The number of alkyl halides is 3. The second kappa shape index (κ2) is 5.12. The first-order valence-electron chi connectivity index (χ1n) is 3.68. The van der Waals surface area contributed by atoms with Gasteiger partial charge in [-0.25, -0.2) is 4.98 Å². The van der Waals surface area contributed by atoms with Gasteiger partial charge in [-0.2, -0.15) is 21.6 Å². The number of halogens is 3. The van der Waals surface area contributed by atoms with Gasteiger partial charge in [-0.3, -0.25) is 4.55 Å². The molecule has 1 rings (SSSR count). The smallest absolute Gasteiger partial charge is 0.338 e. The van der Waals surface area contributed by atoms with Crippen molar-refractivity contribution in [3.8, 4) is 0 Å². The van der Waals surface area contributed by atoms with E-state index in [0.29, 0.717) is 0 Å². The van der Waals surface area contributed by atoms with Crippen molar-refractivity contribution in [2.24, 2.45) is 0 Å². The van der Waals surface area contributed by atoms with E-state index < -0.39 is 15.6 Å². The highest BCUT2D eigenvalue weighted by Gasteiger charge is 2.44. The van der Waals surface area contributed by atoms with E-state index in [-0.39, 0.29) is 0 Å². The zero-order valence-corrected chi connectivity index (χ0v) is 8.46. The molecule has 0 saturated carbocycles. The Hall–Kier alpha value is -1.09. The molecule has 0 unspecified atom stereocenters. The molecular formula is C6H9F3N2O3S. The number of hydrogen-bond donors (Lipinski definition) is 1. The summed E-state index contributed by atoms with van der Waals surface area (Å²) in [6.45, 7) is 3.10. The van der Waals surface area contributed by atoms with Crippen LogP contribution in [0.4, 0.5) is 13.2 Å². The van der Waals surface area contributed by atoms with Gasteiger partial charge in [0.25, 0.3) is 0 Å². The van der Waals surface area contributed by atoms with Crippen molar-refractivity contribution in [3.63, 3.8) is 0 Å². The van der Waals surface area contributed by atoms with Crippen LogP contribution in [0.2, 0.25) is 0 Å². The third-order valence-corrected chi connectivity index (χ3v) is 1.80. The molecule has 1 N–H and O–H groups in total. The average Bonchev–Trinajstić information content (AvgIpc) is 2.52. The van der Waals surface area contributed by atoms with Crippen LogP contribution in [-0.2, 0) is 16.7 Å². The summed E-state index contributed by atoms with van der Waals surface area (Å²) in [7, 11) is -5.84. The molecule has 5 nitrogen and oxygen atoms in total.